The van der Waals surface area contributed by atoms with Crippen molar-refractivity contribution in [3.05, 3.63) is 81.0 Å². The molecule has 0 atom stereocenters. The minimum Gasteiger partial charge on any atom is -0.490 e. The molecule has 3 aromatic rings. The van der Waals surface area contributed by atoms with Crippen LogP contribution in [0.1, 0.15) is 27.7 Å². The third-order valence-corrected chi connectivity index (χ3v) is 4.82. The topological polar surface area (TPSA) is 59.9 Å². The zero-order valence-electron chi connectivity index (χ0n) is 15.2. The number of nitrogens with zero attached hydrogens (tertiary/aromatic N) is 1. The fourth-order valence-corrected chi connectivity index (χ4v) is 3.10. The van der Waals surface area contributed by atoms with Gasteiger partial charge in [0.2, 0.25) is 0 Å². The first kappa shape index (κ1) is 19.9. The molecule has 3 rings (SSSR count). The van der Waals surface area contributed by atoms with Gasteiger partial charge in [-0.25, -0.2) is 5.43 Å². The maximum atomic E-state index is 11.9. The highest BCUT2D eigenvalue weighted by molar-refractivity contribution is 7.12. The van der Waals surface area contributed by atoms with Crippen LogP contribution in [0.4, 0.5) is 0 Å². The summed E-state index contributed by atoms with van der Waals surface area (Å²) in [5, 5.41) is 6.53. The van der Waals surface area contributed by atoms with Gasteiger partial charge in [0.25, 0.3) is 5.91 Å². The van der Waals surface area contributed by atoms with Gasteiger partial charge in [-0.3, -0.25) is 4.79 Å². The summed E-state index contributed by atoms with van der Waals surface area (Å²) in [5.41, 5.74) is 4.30. The van der Waals surface area contributed by atoms with Crippen molar-refractivity contribution in [2.75, 3.05) is 6.61 Å². The summed E-state index contributed by atoms with van der Waals surface area (Å²) in [5.74, 6) is 1.01. The molecule has 1 amide bonds. The van der Waals surface area contributed by atoms with Crippen LogP contribution in [-0.4, -0.2) is 18.7 Å². The van der Waals surface area contributed by atoms with E-state index in [2.05, 4.69) is 10.5 Å². The minimum absolute atomic E-state index is 0.237. The van der Waals surface area contributed by atoms with Crippen LogP contribution in [0.3, 0.4) is 0 Å². The molecule has 0 unspecified atom stereocenters. The van der Waals surface area contributed by atoms with E-state index in [1.807, 2.05) is 60.8 Å². The maximum Gasteiger partial charge on any atom is 0.281 e. The van der Waals surface area contributed by atoms with Crippen LogP contribution in [0.5, 0.6) is 11.5 Å². The van der Waals surface area contributed by atoms with Crippen molar-refractivity contribution in [1.82, 2.24) is 5.43 Å². The third-order valence-electron chi connectivity index (χ3n) is 3.70. The zero-order chi connectivity index (χ0) is 19.8. The van der Waals surface area contributed by atoms with Crippen molar-refractivity contribution < 1.29 is 14.3 Å². The lowest BCUT2D eigenvalue weighted by molar-refractivity contribution is 0.0959. The number of hydrazone groups is 1. The lowest BCUT2D eigenvalue weighted by Crippen LogP contribution is -2.16. The van der Waals surface area contributed by atoms with Gasteiger partial charge in [-0.2, -0.15) is 5.10 Å². The number of carbonyl (C=O) groups excluding carboxylic acids is 1. The number of halogens is 1. The fraction of sp³-hybridized carbons (Fsp3) is 0.143. The Bertz CT molecular complexity index is 941. The highest BCUT2D eigenvalue weighted by Gasteiger charge is 2.07. The van der Waals surface area contributed by atoms with Crippen LogP contribution >= 0.6 is 22.9 Å². The molecule has 0 aliphatic heterocycles. The van der Waals surface area contributed by atoms with Gasteiger partial charge in [0.15, 0.2) is 11.5 Å². The molecule has 0 saturated carbocycles. The molecule has 7 heteroatoms. The van der Waals surface area contributed by atoms with E-state index >= 15 is 0 Å². The monoisotopic (exact) mass is 414 g/mol. The Balaban J connectivity index is 1.65. The summed E-state index contributed by atoms with van der Waals surface area (Å²) in [6.07, 6.45) is 1.57. The molecule has 0 aliphatic carbocycles. The van der Waals surface area contributed by atoms with Gasteiger partial charge in [-0.05, 0) is 59.8 Å². The number of thiophene rings is 1. The number of benzene rings is 2. The number of rotatable bonds is 8. The first-order valence-corrected chi connectivity index (χ1v) is 9.92. The van der Waals surface area contributed by atoms with Crippen LogP contribution in [0, 0.1) is 0 Å². The SMILES string of the molecule is CCOc1cc(/C=N\NC(=O)c2cccs2)ccc1OCc1ccc(Cl)cc1. The van der Waals surface area contributed by atoms with Gasteiger partial charge in [0.05, 0.1) is 17.7 Å². The molecule has 0 saturated heterocycles. The van der Waals surface area contributed by atoms with Gasteiger partial charge in [0.1, 0.15) is 6.61 Å². The van der Waals surface area contributed by atoms with E-state index in [9.17, 15) is 4.79 Å². The normalized spacial score (nSPS) is 10.8. The van der Waals surface area contributed by atoms with Crippen LogP contribution in [0.25, 0.3) is 0 Å². The smallest absolute Gasteiger partial charge is 0.281 e. The van der Waals surface area contributed by atoms with E-state index in [0.29, 0.717) is 34.6 Å². The quantitative estimate of drug-likeness (QED) is 0.410. The number of amides is 1. The van der Waals surface area contributed by atoms with Crippen molar-refractivity contribution >= 4 is 35.1 Å². The number of nitrogens with one attached hydrogen (secondary N) is 1. The lowest BCUT2D eigenvalue weighted by atomic mass is 10.2. The second-order valence-corrected chi connectivity index (χ2v) is 7.11. The van der Waals surface area contributed by atoms with Gasteiger partial charge >= 0.3 is 0 Å². The predicted molar refractivity (Wildman–Crippen MR) is 113 cm³/mol. The van der Waals surface area contributed by atoms with Crippen molar-refractivity contribution in [2.45, 2.75) is 13.5 Å². The molecule has 2 aromatic carbocycles. The molecule has 5 nitrogen and oxygen atoms in total. The van der Waals surface area contributed by atoms with E-state index in [1.54, 1.807) is 12.3 Å². The molecule has 0 spiro atoms. The fourth-order valence-electron chi connectivity index (χ4n) is 2.36. The van der Waals surface area contributed by atoms with E-state index < -0.39 is 0 Å². The summed E-state index contributed by atoms with van der Waals surface area (Å²) in [7, 11) is 0. The molecule has 0 aliphatic rings. The third kappa shape index (κ3) is 5.58. The van der Waals surface area contributed by atoms with Crippen LogP contribution in [0.2, 0.25) is 5.02 Å². The van der Waals surface area contributed by atoms with Gasteiger partial charge in [0, 0.05) is 5.02 Å². The number of hydrogen-bond donors (Lipinski definition) is 1. The van der Waals surface area contributed by atoms with E-state index in [-0.39, 0.29) is 5.91 Å². The molecule has 144 valence electrons. The van der Waals surface area contributed by atoms with E-state index in [4.69, 9.17) is 21.1 Å². The first-order valence-electron chi connectivity index (χ1n) is 8.66. The van der Waals surface area contributed by atoms with Gasteiger partial charge in [-0.15, -0.1) is 11.3 Å². The largest absolute Gasteiger partial charge is 0.490 e. The van der Waals surface area contributed by atoms with Gasteiger partial charge in [-0.1, -0.05) is 29.8 Å². The summed E-state index contributed by atoms with van der Waals surface area (Å²) >= 11 is 7.27. The molecule has 0 radical (unpaired) electrons. The highest BCUT2D eigenvalue weighted by Crippen LogP contribution is 2.29. The van der Waals surface area contributed by atoms with Crippen LogP contribution in [-0.2, 0) is 6.61 Å². The molecular formula is C21H19ClN2O3S. The van der Waals surface area contributed by atoms with Crippen molar-refractivity contribution in [1.29, 1.82) is 0 Å². The molecular weight excluding hydrogens is 396 g/mol. The molecule has 28 heavy (non-hydrogen) atoms. The Hall–Kier alpha value is -2.83. The molecule has 0 bridgehead atoms. The van der Waals surface area contributed by atoms with E-state index in [0.717, 1.165) is 11.1 Å². The summed E-state index contributed by atoms with van der Waals surface area (Å²) < 4.78 is 11.6. The summed E-state index contributed by atoms with van der Waals surface area (Å²) in [6, 6.07) is 16.5. The lowest BCUT2D eigenvalue weighted by Gasteiger charge is -2.12. The van der Waals surface area contributed by atoms with Crippen molar-refractivity contribution in [2.24, 2.45) is 5.10 Å². The van der Waals surface area contributed by atoms with Crippen LogP contribution < -0.4 is 14.9 Å². The second kappa shape index (κ2) is 9.92. The minimum atomic E-state index is -0.237. The Morgan fingerprint density at radius 1 is 1.14 bits per heavy atom. The van der Waals surface area contributed by atoms with E-state index in [1.165, 1.54) is 11.3 Å². The van der Waals surface area contributed by atoms with Crippen molar-refractivity contribution in [3.63, 3.8) is 0 Å². The molecule has 1 aromatic heterocycles. The highest BCUT2D eigenvalue weighted by atomic mass is 35.5. The second-order valence-electron chi connectivity index (χ2n) is 5.73. The Kier molecular flexibility index (Phi) is 7.06. The summed E-state index contributed by atoms with van der Waals surface area (Å²) in [4.78, 5) is 12.5. The predicted octanol–water partition coefficient (Wildman–Crippen LogP) is 5.14. The number of hydrogen-bond acceptors (Lipinski definition) is 5. The number of ether oxygens (including phenoxy) is 2. The number of carbonyl (C=O) groups is 1. The average Bonchev–Trinajstić information content (AvgIpc) is 3.24. The maximum absolute atomic E-state index is 11.9. The Morgan fingerprint density at radius 2 is 1.96 bits per heavy atom. The zero-order valence-corrected chi connectivity index (χ0v) is 16.8. The van der Waals surface area contributed by atoms with Crippen molar-refractivity contribution in [3.8, 4) is 11.5 Å². The summed E-state index contributed by atoms with van der Waals surface area (Å²) in [6.45, 7) is 2.82. The van der Waals surface area contributed by atoms with Crippen LogP contribution in [0.15, 0.2) is 65.1 Å². The Labute approximate surface area is 172 Å². The average molecular weight is 415 g/mol. The molecule has 0 fully saturated rings. The molecule has 1 heterocycles. The molecule has 1 N–H and O–H groups in total. The standard InChI is InChI=1S/C21H19ClN2O3S/c1-2-26-19-12-16(13-23-24-21(25)20-4-3-11-28-20)7-10-18(19)27-14-15-5-8-17(22)9-6-15/h3-13H,2,14H2,1H3,(H,24,25)/b23-13-. The first-order chi connectivity index (χ1) is 13.7. The van der Waals surface area contributed by atoms with Gasteiger partial charge < -0.3 is 9.47 Å². The Morgan fingerprint density at radius 3 is 2.68 bits per heavy atom.